The summed E-state index contributed by atoms with van der Waals surface area (Å²) in [6.07, 6.45) is 2.72. The van der Waals surface area contributed by atoms with Crippen LogP contribution in [0.25, 0.3) is 0 Å². The van der Waals surface area contributed by atoms with Crippen LogP contribution in [0, 0.1) is 0 Å². The maximum atomic E-state index is 11.8. The first kappa shape index (κ1) is 14.4. The number of ether oxygens (including phenoxy) is 1. The van der Waals surface area contributed by atoms with E-state index in [1.54, 1.807) is 0 Å². The van der Waals surface area contributed by atoms with E-state index in [1.807, 2.05) is 13.8 Å². The summed E-state index contributed by atoms with van der Waals surface area (Å²) in [5.41, 5.74) is 0. The molecule has 1 N–H and O–H groups in total. The number of aromatic nitrogens is 1. The summed E-state index contributed by atoms with van der Waals surface area (Å²) in [6.45, 7) is 4.28. The van der Waals surface area contributed by atoms with Crippen LogP contribution in [0.2, 0.25) is 5.02 Å². The molecule has 1 aromatic heterocycles. The van der Waals surface area contributed by atoms with Crippen LogP contribution < -0.4 is 4.72 Å². The second-order valence-electron chi connectivity index (χ2n) is 3.62. The lowest BCUT2D eigenvalue weighted by Crippen LogP contribution is -2.28. The zero-order valence-electron chi connectivity index (χ0n) is 9.68. The van der Waals surface area contributed by atoms with Gasteiger partial charge in [0.15, 0.2) is 0 Å². The fraction of sp³-hybridized carbons (Fsp3) is 0.500. The van der Waals surface area contributed by atoms with Crippen molar-refractivity contribution in [2.45, 2.75) is 24.8 Å². The standard InChI is InChI=1S/C10H15ClN2O3S/c1-8(2)16-6-5-13-17(14,15)10-7-12-4-3-9(10)11/h3-4,7-8,13H,5-6H2,1-2H3. The molecule has 0 aliphatic rings. The molecule has 0 spiro atoms. The molecule has 1 aromatic rings. The highest BCUT2D eigenvalue weighted by Crippen LogP contribution is 2.18. The fourth-order valence-corrected chi connectivity index (χ4v) is 2.55. The van der Waals surface area contributed by atoms with E-state index in [9.17, 15) is 8.42 Å². The molecule has 0 radical (unpaired) electrons. The summed E-state index contributed by atoms with van der Waals surface area (Å²) in [5.74, 6) is 0. The van der Waals surface area contributed by atoms with E-state index >= 15 is 0 Å². The third-order valence-corrected chi connectivity index (χ3v) is 3.80. The molecule has 0 atom stereocenters. The molecule has 0 aliphatic heterocycles. The maximum absolute atomic E-state index is 11.8. The Labute approximate surface area is 106 Å². The second-order valence-corrected chi connectivity index (χ2v) is 5.77. The lowest BCUT2D eigenvalue weighted by molar-refractivity contribution is 0.0834. The lowest BCUT2D eigenvalue weighted by Gasteiger charge is -2.09. The Morgan fingerprint density at radius 3 is 2.82 bits per heavy atom. The van der Waals surface area contributed by atoms with Crippen molar-refractivity contribution < 1.29 is 13.2 Å². The van der Waals surface area contributed by atoms with Crippen molar-refractivity contribution in [2.75, 3.05) is 13.2 Å². The Morgan fingerprint density at radius 1 is 1.53 bits per heavy atom. The number of hydrogen-bond acceptors (Lipinski definition) is 4. The van der Waals surface area contributed by atoms with Gasteiger partial charge in [-0.3, -0.25) is 4.98 Å². The van der Waals surface area contributed by atoms with Crippen LogP contribution in [0.3, 0.4) is 0 Å². The van der Waals surface area contributed by atoms with Gasteiger partial charge in [0.1, 0.15) is 4.90 Å². The van der Waals surface area contributed by atoms with Crippen LogP contribution in [0.4, 0.5) is 0 Å². The molecule has 0 unspecified atom stereocenters. The molecule has 0 fully saturated rings. The Balaban J connectivity index is 2.61. The van der Waals surface area contributed by atoms with E-state index < -0.39 is 10.0 Å². The summed E-state index contributed by atoms with van der Waals surface area (Å²) < 4.78 is 31.2. The largest absolute Gasteiger partial charge is 0.377 e. The van der Waals surface area contributed by atoms with Crippen molar-refractivity contribution >= 4 is 21.6 Å². The number of sulfonamides is 1. The number of pyridine rings is 1. The molecule has 0 aromatic carbocycles. The molecule has 17 heavy (non-hydrogen) atoms. The van der Waals surface area contributed by atoms with E-state index in [-0.39, 0.29) is 22.6 Å². The van der Waals surface area contributed by atoms with E-state index in [1.165, 1.54) is 18.5 Å². The maximum Gasteiger partial charge on any atom is 0.243 e. The number of rotatable bonds is 6. The second kappa shape index (κ2) is 6.30. The molecule has 5 nitrogen and oxygen atoms in total. The van der Waals surface area contributed by atoms with Crippen molar-refractivity contribution in [3.05, 3.63) is 23.5 Å². The molecule has 0 saturated heterocycles. The van der Waals surface area contributed by atoms with Crippen LogP contribution in [-0.4, -0.2) is 32.7 Å². The van der Waals surface area contributed by atoms with Crippen molar-refractivity contribution in [1.29, 1.82) is 0 Å². The number of nitrogens with zero attached hydrogens (tertiary/aromatic N) is 1. The molecule has 1 rings (SSSR count). The smallest absolute Gasteiger partial charge is 0.243 e. The number of hydrogen-bond donors (Lipinski definition) is 1. The van der Waals surface area contributed by atoms with E-state index in [0.717, 1.165) is 0 Å². The lowest BCUT2D eigenvalue weighted by atomic mass is 10.5. The summed E-state index contributed by atoms with van der Waals surface area (Å²) in [4.78, 5) is 3.71. The van der Waals surface area contributed by atoms with Gasteiger partial charge in [0, 0.05) is 18.9 Å². The van der Waals surface area contributed by atoms with Crippen LogP contribution in [0.1, 0.15) is 13.8 Å². The van der Waals surface area contributed by atoms with Gasteiger partial charge < -0.3 is 4.74 Å². The van der Waals surface area contributed by atoms with Crippen molar-refractivity contribution in [3.8, 4) is 0 Å². The fourth-order valence-electron chi connectivity index (χ4n) is 1.11. The average molecular weight is 279 g/mol. The highest BCUT2D eigenvalue weighted by molar-refractivity contribution is 7.89. The van der Waals surface area contributed by atoms with Gasteiger partial charge in [-0.2, -0.15) is 0 Å². The molecule has 0 bridgehead atoms. The Bertz CT molecular complexity index is 462. The molecular weight excluding hydrogens is 264 g/mol. The van der Waals surface area contributed by atoms with Crippen molar-refractivity contribution in [2.24, 2.45) is 0 Å². The third kappa shape index (κ3) is 4.59. The SMILES string of the molecule is CC(C)OCCNS(=O)(=O)c1cnccc1Cl. The minimum atomic E-state index is -3.61. The summed E-state index contributed by atoms with van der Waals surface area (Å²) in [7, 11) is -3.61. The Hall–Kier alpha value is -0.690. The zero-order valence-corrected chi connectivity index (χ0v) is 11.3. The number of halogens is 1. The first-order valence-corrected chi connectivity index (χ1v) is 7.00. The first-order valence-electron chi connectivity index (χ1n) is 5.14. The quantitative estimate of drug-likeness (QED) is 0.800. The van der Waals surface area contributed by atoms with Crippen LogP contribution in [-0.2, 0) is 14.8 Å². The molecule has 96 valence electrons. The van der Waals surface area contributed by atoms with Gasteiger partial charge >= 0.3 is 0 Å². The van der Waals surface area contributed by atoms with Crippen molar-refractivity contribution in [1.82, 2.24) is 9.71 Å². The molecule has 0 saturated carbocycles. The normalized spacial score (nSPS) is 12.0. The molecular formula is C10H15ClN2O3S. The average Bonchev–Trinajstić information content (AvgIpc) is 2.24. The minimum Gasteiger partial charge on any atom is -0.377 e. The highest BCUT2D eigenvalue weighted by Gasteiger charge is 2.17. The predicted octanol–water partition coefficient (Wildman–Crippen LogP) is 1.44. The van der Waals surface area contributed by atoms with Gasteiger partial charge in [-0.1, -0.05) is 11.6 Å². The summed E-state index contributed by atoms with van der Waals surface area (Å²) >= 11 is 5.78. The monoisotopic (exact) mass is 278 g/mol. The van der Waals surface area contributed by atoms with E-state index in [0.29, 0.717) is 6.61 Å². The summed E-state index contributed by atoms with van der Waals surface area (Å²) in [5, 5.41) is 0.150. The topological polar surface area (TPSA) is 68.3 Å². The van der Waals surface area contributed by atoms with Gasteiger partial charge in [0.25, 0.3) is 0 Å². The first-order chi connectivity index (χ1) is 7.93. The zero-order chi connectivity index (χ0) is 12.9. The van der Waals surface area contributed by atoms with Crippen molar-refractivity contribution in [3.63, 3.8) is 0 Å². The Morgan fingerprint density at radius 2 is 2.24 bits per heavy atom. The highest BCUT2D eigenvalue weighted by atomic mass is 35.5. The van der Waals surface area contributed by atoms with E-state index in [4.69, 9.17) is 16.3 Å². The molecule has 0 amide bonds. The van der Waals surface area contributed by atoms with Gasteiger partial charge in [-0.05, 0) is 19.9 Å². The van der Waals surface area contributed by atoms with Gasteiger partial charge in [-0.15, -0.1) is 0 Å². The van der Waals surface area contributed by atoms with E-state index in [2.05, 4.69) is 9.71 Å². The molecule has 0 aliphatic carbocycles. The van der Waals surface area contributed by atoms with Crippen LogP contribution in [0.15, 0.2) is 23.4 Å². The van der Waals surface area contributed by atoms with Crippen LogP contribution in [0.5, 0.6) is 0 Å². The Kier molecular flexibility index (Phi) is 5.32. The minimum absolute atomic E-state index is 0.0220. The predicted molar refractivity (Wildman–Crippen MR) is 65.5 cm³/mol. The summed E-state index contributed by atoms with van der Waals surface area (Å²) in [6, 6.07) is 1.43. The molecule has 7 heteroatoms. The third-order valence-electron chi connectivity index (χ3n) is 1.87. The van der Waals surface area contributed by atoms with Crippen LogP contribution >= 0.6 is 11.6 Å². The number of nitrogens with one attached hydrogen (secondary N) is 1. The van der Waals surface area contributed by atoms with Gasteiger partial charge in [0.05, 0.1) is 17.7 Å². The molecule has 1 heterocycles. The van der Waals surface area contributed by atoms with Gasteiger partial charge in [-0.25, -0.2) is 13.1 Å². The van der Waals surface area contributed by atoms with Gasteiger partial charge in [0.2, 0.25) is 10.0 Å².